The van der Waals surface area contributed by atoms with Gasteiger partial charge in [-0.2, -0.15) is 0 Å². The minimum absolute atomic E-state index is 0.603. The molecule has 5 nitrogen and oxygen atoms in total. The second-order valence-electron chi connectivity index (χ2n) is 5.96. The van der Waals surface area contributed by atoms with Gasteiger partial charge in [-0.1, -0.05) is 0 Å². The smallest absolute Gasteiger partial charge is 0.150 e. The van der Waals surface area contributed by atoms with Crippen molar-refractivity contribution in [3.8, 4) is 0 Å². The molecule has 0 N–H and O–H groups in total. The Kier molecular flexibility index (Phi) is 3.23. The Balaban J connectivity index is 1.82. The Bertz CT molecular complexity index is 854. The number of aromatic nitrogens is 3. The van der Waals surface area contributed by atoms with E-state index in [4.69, 9.17) is 4.74 Å². The maximum atomic E-state index is 5.23. The van der Waals surface area contributed by atoms with Gasteiger partial charge in [0.2, 0.25) is 0 Å². The predicted molar refractivity (Wildman–Crippen MR) is 89.8 cm³/mol. The molecular weight excluding hydrogens is 296 g/mol. The average molecular weight is 314 g/mol. The number of anilines is 1. The first kappa shape index (κ1) is 13.8. The van der Waals surface area contributed by atoms with Crippen LogP contribution in [0, 0.1) is 19.8 Å². The lowest BCUT2D eigenvalue weighted by Gasteiger charge is -2.39. The van der Waals surface area contributed by atoms with Crippen LogP contribution in [0.4, 0.5) is 5.82 Å². The summed E-state index contributed by atoms with van der Waals surface area (Å²) in [5.74, 6) is 1.64. The van der Waals surface area contributed by atoms with Crippen LogP contribution in [0.1, 0.15) is 11.3 Å². The van der Waals surface area contributed by atoms with Crippen molar-refractivity contribution in [1.82, 2.24) is 15.0 Å². The zero-order chi connectivity index (χ0) is 15.3. The largest absolute Gasteiger partial charge is 0.384 e. The van der Waals surface area contributed by atoms with Gasteiger partial charge in [-0.05, 0) is 25.5 Å². The minimum Gasteiger partial charge on any atom is -0.384 e. The van der Waals surface area contributed by atoms with Crippen molar-refractivity contribution in [3.63, 3.8) is 0 Å². The number of fused-ring (bicyclic) bond motifs is 3. The zero-order valence-electron chi connectivity index (χ0n) is 13.0. The van der Waals surface area contributed by atoms with Crippen LogP contribution in [-0.2, 0) is 4.74 Å². The lowest BCUT2D eigenvalue weighted by molar-refractivity contribution is 0.137. The number of aryl methyl sites for hydroxylation is 2. The molecule has 114 valence electrons. The molecule has 6 heteroatoms. The number of pyridine rings is 1. The highest BCUT2D eigenvalue weighted by Gasteiger charge is 2.29. The fourth-order valence-electron chi connectivity index (χ4n) is 3.21. The Morgan fingerprint density at radius 1 is 1.32 bits per heavy atom. The number of methoxy groups -OCH3 is 1. The second-order valence-corrected chi connectivity index (χ2v) is 6.96. The molecule has 0 saturated carbocycles. The number of nitrogens with zero attached hydrogens (tertiary/aromatic N) is 4. The molecule has 1 aliphatic heterocycles. The van der Waals surface area contributed by atoms with Gasteiger partial charge in [0.15, 0.2) is 0 Å². The van der Waals surface area contributed by atoms with Gasteiger partial charge in [0.1, 0.15) is 17.0 Å². The summed E-state index contributed by atoms with van der Waals surface area (Å²) in [6, 6.07) is 2.12. The normalized spacial score (nSPS) is 15.7. The van der Waals surface area contributed by atoms with Crippen LogP contribution in [0.2, 0.25) is 0 Å². The van der Waals surface area contributed by atoms with Gasteiger partial charge >= 0.3 is 0 Å². The number of hydrogen-bond acceptors (Lipinski definition) is 6. The molecule has 0 aromatic carbocycles. The monoisotopic (exact) mass is 314 g/mol. The molecule has 1 saturated heterocycles. The lowest BCUT2D eigenvalue weighted by Crippen LogP contribution is -2.49. The van der Waals surface area contributed by atoms with Gasteiger partial charge in [-0.15, -0.1) is 11.3 Å². The molecule has 0 unspecified atom stereocenters. The van der Waals surface area contributed by atoms with E-state index in [1.807, 2.05) is 6.92 Å². The molecular formula is C16H18N4OS. The summed E-state index contributed by atoms with van der Waals surface area (Å²) in [5, 5.41) is 1.17. The van der Waals surface area contributed by atoms with Crippen molar-refractivity contribution in [2.45, 2.75) is 13.8 Å². The fraction of sp³-hybridized carbons (Fsp3) is 0.438. The first-order valence-electron chi connectivity index (χ1n) is 7.42. The van der Waals surface area contributed by atoms with E-state index in [-0.39, 0.29) is 0 Å². The third kappa shape index (κ3) is 2.06. The molecule has 0 bridgehead atoms. The van der Waals surface area contributed by atoms with Crippen LogP contribution in [0.5, 0.6) is 0 Å². The Hall–Kier alpha value is -1.79. The van der Waals surface area contributed by atoms with Crippen molar-refractivity contribution in [1.29, 1.82) is 0 Å². The van der Waals surface area contributed by atoms with E-state index < -0.39 is 0 Å². The van der Waals surface area contributed by atoms with Crippen LogP contribution in [0.15, 0.2) is 12.4 Å². The van der Waals surface area contributed by atoms with E-state index >= 15 is 0 Å². The summed E-state index contributed by atoms with van der Waals surface area (Å²) in [6.07, 6.45) is 1.67. The first-order chi connectivity index (χ1) is 10.7. The topological polar surface area (TPSA) is 51.1 Å². The number of hydrogen-bond donors (Lipinski definition) is 0. The summed E-state index contributed by atoms with van der Waals surface area (Å²) in [6.45, 7) is 6.98. The van der Waals surface area contributed by atoms with E-state index in [1.54, 1.807) is 24.8 Å². The molecule has 0 atom stereocenters. The summed E-state index contributed by atoms with van der Waals surface area (Å²) in [5.41, 5.74) is 3.32. The van der Waals surface area contributed by atoms with Crippen molar-refractivity contribution in [2.75, 3.05) is 31.7 Å². The standard InChI is InChI=1S/C16H18N4OS/c1-9-4-10(2)19-16-12(9)13-14(22-16)15(18-8-17-13)20-5-11(6-20)7-21-3/h4,8,11H,5-7H2,1-3H3. The summed E-state index contributed by atoms with van der Waals surface area (Å²) >= 11 is 1.70. The highest BCUT2D eigenvalue weighted by Crippen LogP contribution is 2.39. The van der Waals surface area contributed by atoms with Gasteiger partial charge in [0.05, 0.1) is 16.8 Å². The predicted octanol–water partition coefficient (Wildman–Crippen LogP) is 2.94. The Morgan fingerprint density at radius 3 is 2.91 bits per heavy atom. The quantitative estimate of drug-likeness (QED) is 0.744. The van der Waals surface area contributed by atoms with E-state index in [0.717, 1.165) is 46.3 Å². The van der Waals surface area contributed by atoms with Crippen molar-refractivity contribution in [2.24, 2.45) is 5.92 Å². The summed E-state index contributed by atoms with van der Waals surface area (Å²) in [4.78, 5) is 17.1. The molecule has 3 aromatic rings. The van der Waals surface area contributed by atoms with Gasteiger partial charge < -0.3 is 9.64 Å². The molecule has 0 aliphatic carbocycles. The summed E-state index contributed by atoms with van der Waals surface area (Å²) < 4.78 is 6.38. The van der Waals surface area contributed by atoms with Crippen molar-refractivity contribution >= 4 is 37.6 Å². The molecule has 4 rings (SSSR count). The van der Waals surface area contributed by atoms with E-state index in [2.05, 4.69) is 32.8 Å². The maximum Gasteiger partial charge on any atom is 0.150 e. The molecule has 4 heterocycles. The molecule has 3 aromatic heterocycles. The van der Waals surface area contributed by atoms with Gasteiger partial charge in [-0.3, -0.25) is 0 Å². The van der Waals surface area contributed by atoms with Crippen LogP contribution < -0.4 is 4.90 Å². The van der Waals surface area contributed by atoms with Gasteiger partial charge in [0.25, 0.3) is 0 Å². The van der Waals surface area contributed by atoms with Gasteiger partial charge in [0, 0.05) is 37.2 Å². The van der Waals surface area contributed by atoms with Crippen molar-refractivity contribution < 1.29 is 4.74 Å². The lowest BCUT2D eigenvalue weighted by atomic mass is 10.0. The van der Waals surface area contributed by atoms with Crippen LogP contribution in [0.3, 0.4) is 0 Å². The van der Waals surface area contributed by atoms with Crippen molar-refractivity contribution in [3.05, 3.63) is 23.7 Å². The molecule has 1 aliphatic rings. The molecule has 0 amide bonds. The Morgan fingerprint density at radius 2 is 2.14 bits per heavy atom. The molecule has 0 spiro atoms. The third-order valence-corrected chi connectivity index (χ3v) is 5.26. The highest BCUT2D eigenvalue weighted by molar-refractivity contribution is 7.26. The summed E-state index contributed by atoms with van der Waals surface area (Å²) in [7, 11) is 1.76. The van der Waals surface area contributed by atoms with E-state index in [9.17, 15) is 0 Å². The maximum absolute atomic E-state index is 5.23. The average Bonchev–Trinajstić information content (AvgIpc) is 2.80. The number of thiophene rings is 1. The minimum atomic E-state index is 0.603. The molecule has 1 fully saturated rings. The third-order valence-electron chi connectivity index (χ3n) is 4.19. The SMILES string of the molecule is COCC1CN(c2ncnc3c2sc2nc(C)cc(C)c23)C1. The second kappa shape index (κ2) is 5.14. The zero-order valence-corrected chi connectivity index (χ0v) is 13.8. The first-order valence-corrected chi connectivity index (χ1v) is 8.24. The van der Waals surface area contributed by atoms with Crippen LogP contribution >= 0.6 is 11.3 Å². The highest BCUT2D eigenvalue weighted by atomic mass is 32.1. The fourth-order valence-corrected chi connectivity index (χ4v) is 4.47. The molecule has 22 heavy (non-hydrogen) atoms. The van der Waals surface area contributed by atoms with Crippen LogP contribution in [0.25, 0.3) is 20.4 Å². The number of rotatable bonds is 3. The Labute approximate surface area is 133 Å². The van der Waals surface area contributed by atoms with Gasteiger partial charge in [-0.25, -0.2) is 15.0 Å². The number of ether oxygens (including phenoxy) is 1. The van der Waals surface area contributed by atoms with E-state index in [0.29, 0.717) is 5.92 Å². The molecule has 0 radical (unpaired) electrons. The van der Waals surface area contributed by atoms with E-state index in [1.165, 1.54) is 10.9 Å². The van der Waals surface area contributed by atoms with Crippen LogP contribution in [-0.4, -0.2) is 41.8 Å².